The highest BCUT2D eigenvalue weighted by Gasteiger charge is 2.12. The summed E-state index contributed by atoms with van der Waals surface area (Å²) in [5, 5.41) is 2.85. The van der Waals surface area contributed by atoms with Crippen molar-refractivity contribution in [1.82, 2.24) is 10.2 Å². The average molecular weight is 419 g/mol. The van der Waals surface area contributed by atoms with Crippen molar-refractivity contribution in [1.29, 1.82) is 0 Å². The average Bonchev–Trinajstić information content (AvgIpc) is 2.91. The molecule has 138 valence electrons. The van der Waals surface area contributed by atoms with Crippen LogP contribution in [0.2, 0.25) is 0 Å². The Morgan fingerprint density at radius 1 is 1.00 bits per heavy atom. The van der Waals surface area contributed by atoms with Gasteiger partial charge in [-0.3, -0.25) is 9.69 Å². The topological polar surface area (TPSA) is 32.3 Å². The van der Waals surface area contributed by atoms with Crippen LogP contribution in [0.4, 0.5) is 4.39 Å². The molecule has 1 aliphatic rings. The van der Waals surface area contributed by atoms with Crippen LogP contribution in [0.1, 0.15) is 47.2 Å². The molecule has 3 nitrogen and oxygen atoms in total. The zero-order valence-corrected chi connectivity index (χ0v) is 16.4. The third-order valence-electron chi connectivity index (χ3n) is 4.75. The predicted octanol–water partition coefficient (Wildman–Crippen LogP) is 4.89. The highest BCUT2D eigenvalue weighted by atomic mass is 79.9. The van der Waals surface area contributed by atoms with Gasteiger partial charge in [0.05, 0.1) is 5.56 Å². The molecule has 1 aliphatic heterocycles. The summed E-state index contributed by atoms with van der Waals surface area (Å²) in [7, 11) is 0. The first kappa shape index (κ1) is 19.1. The van der Waals surface area contributed by atoms with Gasteiger partial charge in [0, 0.05) is 17.6 Å². The summed E-state index contributed by atoms with van der Waals surface area (Å²) in [6.07, 6.45) is 5.27. The number of hydrogen-bond acceptors (Lipinski definition) is 2. The largest absolute Gasteiger partial charge is 0.348 e. The van der Waals surface area contributed by atoms with E-state index in [4.69, 9.17) is 0 Å². The predicted molar refractivity (Wildman–Crippen MR) is 105 cm³/mol. The molecule has 2 aromatic carbocycles. The molecular formula is C21H24BrFN2O. The molecule has 0 bridgehead atoms. The lowest BCUT2D eigenvalue weighted by Crippen LogP contribution is -2.24. The van der Waals surface area contributed by atoms with Gasteiger partial charge in [0.25, 0.3) is 5.91 Å². The SMILES string of the molecule is O=C(NCc1ccc(CN2CCCCCC2)cc1)c1cc(F)ccc1Br. The smallest absolute Gasteiger partial charge is 0.252 e. The number of nitrogens with zero attached hydrogens (tertiary/aromatic N) is 1. The van der Waals surface area contributed by atoms with Crippen LogP contribution in [0.5, 0.6) is 0 Å². The molecule has 0 radical (unpaired) electrons. The van der Waals surface area contributed by atoms with Gasteiger partial charge in [0.2, 0.25) is 0 Å². The lowest BCUT2D eigenvalue weighted by Gasteiger charge is -2.19. The number of likely N-dealkylation sites (tertiary alicyclic amines) is 1. The van der Waals surface area contributed by atoms with Gasteiger partial charge < -0.3 is 5.32 Å². The quantitative estimate of drug-likeness (QED) is 0.748. The molecule has 0 unspecified atom stereocenters. The number of amides is 1. The molecule has 1 N–H and O–H groups in total. The summed E-state index contributed by atoms with van der Waals surface area (Å²) in [5.41, 5.74) is 2.64. The second-order valence-corrected chi connectivity index (χ2v) is 7.67. The van der Waals surface area contributed by atoms with Gasteiger partial charge in [-0.1, -0.05) is 37.1 Å². The fourth-order valence-electron chi connectivity index (χ4n) is 3.26. The molecule has 1 amide bonds. The molecule has 0 aliphatic carbocycles. The first-order chi connectivity index (χ1) is 12.6. The van der Waals surface area contributed by atoms with E-state index < -0.39 is 5.82 Å². The molecule has 26 heavy (non-hydrogen) atoms. The van der Waals surface area contributed by atoms with Crippen LogP contribution in [-0.4, -0.2) is 23.9 Å². The molecule has 1 saturated heterocycles. The number of nitrogens with one attached hydrogen (secondary N) is 1. The maximum atomic E-state index is 13.3. The molecule has 0 saturated carbocycles. The Balaban J connectivity index is 1.54. The van der Waals surface area contributed by atoms with Crippen molar-refractivity contribution in [3.8, 4) is 0 Å². The third kappa shape index (κ3) is 5.39. The number of rotatable bonds is 5. The van der Waals surface area contributed by atoms with E-state index in [1.54, 1.807) is 6.07 Å². The van der Waals surface area contributed by atoms with Crippen LogP contribution in [-0.2, 0) is 13.1 Å². The molecule has 0 atom stereocenters. The van der Waals surface area contributed by atoms with Crippen molar-refractivity contribution in [2.24, 2.45) is 0 Å². The van der Waals surface area contributed by atoms with E-state index in [-0.39, 0.29) is 5.91 Å². The van der Waals surface area contributed by atoms with Gasteiger partial charge in [-0.2, -0.15) is 0 Å². The minimum absolute atomic E-state index is 0.287. The van der Waals surface area contributed by atoms with Gasteiger partial charge in [0.15, 0.2) is 0 Å². The Bertz CT molecular complexity index is 740. The van der Waals surface area contributed by atoms with Gasteiger partial charge >= 0.3 is 0 Å². The van der Waals surface area contributed by atoms with Crippen LogP contribution < -0.4 is 5.32 Å². The Labute approximate surface area is 162 Å². The van der Waals surface area contributed by atoms with E-state index in [0.717, 1.165) is 12.1 Å². The number of carbonyl (C=O) groups excluding carboxylic acids is 1. The number of halogens is 2. The van der Waals surface area contributed by atoms with E-state index in [9.17, 15) is 9.18 Å². The van der Waals surface area contributed by atoms with E-state index in [0.29, 0.717) is 16.6 Å². The second-order valence-electron chi connectivity index (χ2n) is 6.81. The van der Waals surface area contributed by atoms with Gasteiger partial charge in [-0.15, -0.1) is 0 Å². The molecule has 3 rings (SSSR count). The molecular weight excluding hydrogens is 395 g/mol. The molecule has 1 heterocycles. The first-order valence-electron chi connectivity index (χ1n) is 9.15. The van der Waals surface area contributed by atoms with Crippen molar-refractivity contribution in [3.63, 3.8) is 0 Å². The van der Waals surface area contributed by atoms with E-state index in [1.165, 1.54) is 56.5 Å². The Kier molecular flexibility index (Phi) is 6.80. The van der Waals surface area contributed by atoms with Crippen molar-refractivity contribution in [2.45, 2.75) is 38.8 Å². The molecule has 1 fully saturated rings. The van der Waals surface area contributed by atoms with E-state index >= 15 is 0 Å². The lowest BCUT2D eigenvalue weighted by molar-refractivity contribution is 0.0949. The number of carbonyl (C=O) groups is 1. The summed E-state index contributed by atoms with van der Waals surface area (Å²) < 4.78 is 13.9. The fraction of sp³-hybridized carbons (Fsp3) is 0.381. The van der Waals surface area contributed by atoms with Crippen molar-refractivity contribution < 1.29 is 9.18 Å². The van der Waals surface area contributed by atoms with Gasteiger partial charge in [-0.05, 0) is 71.2 Å². The minimum Gasteiger partial charge on any atom is -0.348 e. The zero-order valence-electron chi connectivity index (χ0n) is 14.8. The van der Waals surface area contributed by atoms with Crippen LogP contribution in [0.15, 0.2) is 46.9 Å². The molecule has 2 aromatic rings. The summed E-state index contributed by atoms with van der Waals surface area (Å²) in [6.45, 7) is 3.77. The van der Waals surface area contributed by atoms with Gasteiger partial charge in [0.1, 0.15) is 5.82 Å². The Morgan fingerprint density at radius 2 is 1.65 bits per heavy atom. The number of hydrogen-bond donors (Lipinski definition) is 1. The molecule has 5 heteroatoms. The van der Waals surface area contributed by atoms with Crippen molar-refractivity contribution >= 4 is 21.8 Å². The highest BCUT2D eigenvalue weighted by molar-refractivity contribution is 9.10. The normalized spacial score (nSPS) is 15.5. The summed E-state index contributed by atoms with van der Waals surface area (Å²) in [4.78, 5) is 14.8. The van der Waals surface area contributed by atoms with Crippen LogP contribution >= 0.6 is 15.9 Å². The molecule has 0 aromatic heterocycles. The fourth-order valence-corrected chi connectivity index (χ4v) is 3.69. The maximum Gasteiger partial charge on any atom is 0.252 e. The summed E-state index contributed by atoms with van der Waals surface area (Å²) in [5.74, 6) is -0.707. The monoisotopic (exact) mass is 418 g/mol. The summed E-state index contributed by atoms with van der Waals surface area (Å²) in [6, 6.07) is 12.5. The summed E-state index contributed by atoms with van der Waals surface area (Å²) >= 11 is 3.29. The molecule has 0 spiro atoms. The van der Waals surface area contributed by atoms with Crippen LogP contribution in [0.25, 0.3) is 0 Å². The second kappa shape index (κ2) is 9.28. The third-order valence-corrected chi connectivity index (χ3v) is 5.45. The lowest BCUT2D eigenvalue weighted by atomic mass is 10.1. The maximum absolute atomic E-state index is 13.3. The van der Waals surface area contributed by atoms with Crippen LogP contribution in [0, 0.1) is 5.82 Å². The first-order valence-corrected chi connectivity index (χ1v) is 9.94. The van der Waals surface area contributed by atoms with Gasteiger partial charge in [-0.25, -0.2) is 4.39 Å². The van der Waals surface area contributed by atoms with Crippen molar-refractivity contribution in [3.05, 3.63) is 69.4 Å². The standard InChI is InChI=1S/C21H24BrFN2O/c22-20-10-9-18(23)13-19(20)21(26)24-14-16-5-7-17(8-6-16)15-25-11-3-1-2-4-12-25/h5-10,13H,1-4,11-12,14-15H2,(H,24,26). The number of benzene rings is 2. The minimum atomic E-state index is -0.420. The Morgan fingerprint density at radius 3 is 2.35 bits per heavy atom. The zero-order chi connectivity index (χ0) is 18.4. The van der Waals surface area contributed by atoms with E-state index in [2.05, 4.69) is 38.3 Å². The Hall–Kier alpha value is -1.72. The van der Waals surface area contributed by atoms with Crippen molar-refractivity contribution in [2.75, 3.05) is 13.1 Å². The van der Waals surface area contributed by atoms with Crippen LogP contribution in [0.3, 0.4) is 0 Å². The highest BCUT2D eigenvalue weighted by Crippen LogP contribution is 2.18. The van der Waals surface area contributed by atoms with E-state index in [1.807, 2.05) is 12.1 Å².